The van der Waals surface area contributed by atoms with Gasteiger partial charge in [-0.1, -0.05) is 0 Å². The van der Waals surface area contributed by atoms with Gasteiger partial charge in [0.15, 0.2) is 0 Å². The number of ether oxygens (including phenoxy) is 1. The number of nitrogens with two attached hydrogens (primary N) is 1. The lowest BCUT2D eigenvalue weighted by Gasteiger charge is -2.20. The van der Waals surface area contributed by atoms with Crippen molar-refractivity contribution >= 4 is 0 Å². The van der Waals surface area contributed by atoms with Crippen molar-refractivity contribution in [1.29, 1.82) is 0 Å². The van der Waals surface area contributed by atoms with Gasteiger partial charge in [0.1, 0.15) is 23.1 Å². The van der Waals surface area contributed by atoms with Crippen LogP contribution in [0.4, 0.5) is 4.39 Å². The molecule has 2 aromatic rings. The number of rotatable bonds is 4. The van der Waals surface area contributed by atoms with E-state index < -0.39 is 6.04 Å². The average Bonchev–Trinajstić information content (AvgIpc) is 2.67. The highest BCUT2D eigenvalue weighted by Crippen LogP contribution is 2.35. The first-order valence-corrected chi connectivity index (χ1v) is 6.35. The van der Waals surface area contributed by atoms with Gasteiger partial charge in [0.2, 0.25) is 0 Å². The molecule has 0 amide bonds. The van der Waals surface area contributed by atoms with E-state index in [1.54, 1.807) is 13.2 Å². The molecule has 0 aliphatic rings. The maximum Gasteiger partial charge on any atom is 0.124 e. The quantitative estimate of drug-likeness (QED) is 0.667. The molecule has 0 spiro atoms. The van der Waals surface area contributed by atoms with Crippen LogP contribution in [0, 0.1) is 26.6 Å². The molecular weight excluding hydrogens is 259 g/mol. The molecule has 1 unspecified atom stereocenters. The van der Waals surface area contributed by atoms with E-state index in [1.165, 1.54) is 12.1 Å². The Bertz CT molecular complexity index is 623. The zero-order valence-corrected chi connectivity index (χ0v) is 12.1. The average molecular weight is 278 g/mol. The molecule has 108 valence electrons. The van der Waals surface area contributed by atoms with Crippen LogP contribution in [0.15, 0.2) is 22.6 Å². The first-order valence-electron chi connectivity index (χ1n) is 6.35. The Kier molecular flexibility index (Phi) is 4.11. The number of methoxy groups -OCH3 is 1. The molecule has 1 aromatic heterocycles. The third kappa shape index (κ3) is 2.42. The Morgan fingerprint density at radius 2 is 1.95 bits per heavy atom. The van der Waals surface area contributed by atoms with Crippen LogP contribution in [0.3, 0.4) is 0 Å². The highest BCUT2D eigenvalue weighted by molar-refractivity contribution is 5.46. The second kappa shape index (κ2) is 5.64. The molecule has 0 fully saturated rings. The second-order valence-electron chi connectivity index (χ2n) is 4.74. The maximum atomic E-state index is 13.6. The van der Waals surface area contributed by atoms with Crippen LogP contribution in [-0.4, -0.2) is 7.11 Å². The summed E-state index contributed by atoms with van der Waals surface area (Å²) in [4.78, 5) is 0. The smallest absolute Gasteiger partial charge is 0.124 e. The lowest BCUT2D eigenvalue weighted by molar-refractivity contribution is 0.402. The molecule has 1 heterocycles. The summed E-state index contributed by atoms with van der Waals surface area (Å²) in [6.45, 7) is 5.71. The van der Waals surface area contributed by atoms with Crippen LogP contribution in [-0.2, 0) is 0 Å². The molecule has 0 aliphatic heterocycles. The Labute approximate surface area is 117 Å². The standard InChI is InChI=1S/C15H19FN2O2/c1-8-9(2)20-10(3)14(8)15(18-17)12-7-11(16)5-6-13(12)19-4/h5-7,15,18H,17H2,1-4H3. The molecule has 1 atom stereocenters. The van der Waals surface area contributed by atoms with Crippen molar-refractivity contribution in [3.8, 4) is 5.75 Å². The maximum absolute atomic E-state index is 13.6. The van der Waals surface area contributed by atoms with E-state index in [1.807, 2.05) is 20.8 Å². The molecule has 20 heavy (non-hydrogen) atoms. The van der Waals surface area contributed by atoms with E-state index in [2.05, 4.69) is 5.43 Å². The third-order valence-electron chi connectivity index (χ3n) is 3.58. The summed E-state index contributed by atoms with van der Waals surface area (Å²) in [6.07, 6.45) is 0. The van der Waals surface area contributed by atoms with Gasteiger partial charge in [-0.05, 0) is 44.5 Å². The van der Waals surface area contributed by atoms with Gasteiger partial charge in [-0.25, -0.2) is 9.82 Å². The third-order valence-corrected chi connectivity index (χ3v) is 3.58. The number of benzene rings is 1. The Balaban J connectivity index is 2.61. The van der Waals surface area contributed by atoms with Gasteiger partial charge >= 0.3 is 0 Å². The van der Waals surface area contributed by atoms with Crippen LogP contribution >= 0.6 is 0 Å². The van der Waals surface area contributed by atoms with Crippen molar-refractivity contribution < 1.29 is 13.5 Å². The fourth-order valence-corrected chi connectivity index (χ4v) is 2.49. The van der Waals surface area contributed by atoms with E-state index in [-0.39, 0.29) is 5.82 Å². The normalized spacial score (nSPS) is 12.5. The molecule has 0 bridgehead atoms. The van der Waals surface area contributed by atoms with Gasteiger partial charge in [0.25, 0.3) is 0 Å². The summed E-state index contributed by atoms with van der Waals surface area (Å²) in [6, 6.07) is 3.98. The molecule has 4 nitrogen and oxygen atoms in total. The zero-order valence-electron chi connectivity index (χ0n) is 12.1. The van der Waals surface area contributed by atoms with Crippen molar-refractivity contribution in [3.05, 3.63) is 52.2 Å². The number of aryl methyl sites for hydroxylation is 2. The number of hydrazine groups is 1. The van der Waals surface area contributed by atoms with Crippen molar-refractivity contribution in [2.75, 3.05) is 7.11 Å². The summed E-state index contributed by atoms with van der Waals surface area (Å²) < 4.78 is 24.5. The van der Waals surface area contributed by atoms with Crippen molar-refractivity contribution in [2.24, 2.45) is 5.84 Å². The van der Waals surface area contributed by atoms with Crippen LogP contribution < -0.4 is 16.0 Å². The fraction of sp³-hybridized carbons (Fsp3) is 0.333. The minimum absolute atomic E-state index is 0.337. The molecule has 0 saturated carbocycles. The SMILES string of the molecule is COc1ccc(F)cc1C(NN)c1c(C)oc(C)c1C. The molecule has 3 N–H and O–H groups in total. The molecule has 0 radical (unpaired) electrons. The number of halogens is 1. The lowest BCUT2D eigenvalue weighted by atomic mass is 9.95. The number of hydrogen-bond acceptors (Lipinski definition) is 4. The number of hydrogen-bond donors (Lipinski definition) is 2. The predicted octanol–water partition coefficient (Wildman–Crippen LogP) is 2.91. The summed E-state index contributed by atoms with van der Waals surface area (Å²) in [5, 5.41) is 0. The van der Waals surface area contributed by atoms with Gasteiger partial charge in [0.05, 0.1) is 13.2 Å². The zero-order chi connectivity index (χ0) is 14.9. The van der Waals surface area contributed by atoms with Gasteiger partial charge in [0, 0.05) is 11.1 Å². The van der Waals surface area contributed by atoms with E-state index in [9.17, 15) is 4.39 Å². The highest BCUT2D eigenvalue weighted by atomic mass is 19.1. The molecule has 0 aliphatic carbocycles. The first-order chi connectivity index (χ1) is 9.49. The van der Waals surface area contributed by atoms with E-state index in [4.69, 9.17) is 15.0 Å². The molecular formula is C15H19FN2O2. The summed E-state index contributed by atoms with van der Waals surface area (Å²) in [5.74, 6) is 7.51. The molecule has 5 heteroatoms. The second-order valence-corrected chi connectivity index (χ2v) is 4.74. The van der Waals surface area contributed by atoms with Crippen molar-refractivity contribution in [3.63, 3.8) is 0 Å². The topological polar surface area (TPSA) is 60.4 Å². The Hall–Kier alpha value is -1.85. The first kappa shape index (κ1) is 14.6. The lowest BCUT2D eigenvalue weighted by Crippen LogP contribution is -2.30. The predicted molar refractivity (Wildman–Crippen MR) is 75.0 cm³/mol. The molecule has 1 aromatic carbocycles. The summed E-state index contributed by atoms with van der Waals surface area (Å²) >= 11 is 0. The fourth-order valence-electron chi connectivity index (χ4n) is 2.49. The van der Waals surface area contributed by atoms with Gasteiger partial charge in [-0.15, -0.1) is 0 Å². The number of furan rings is 1. The summed E-state index contributed by atoms with van der Waals surface area (Å²) in [5.41, 5.74) is 5.27. The Morgan fingerprint density at radius 1 is 1.25 bits per heavy atom. The van der Waals surface area contributed by atoms with Crippen LogP contribution in [0.2, 0.25) is 0 Å². The minimum atomic E-state index is -0.391. The minimum Gasteiger partial charge on any atom is -0.496 e. The number of nitrogens with one attached hydrogen (secondary N) is 1. The van der Waals surface area contributed by atoms with Gasteiger partial charge in [-0.2, -0.15) is 0 Å². The highest BCUT2D eigenvalue weighted by Gasteiger charge is 2.24. The van der Waals surface area contributed by atoms with E-state index in [0.29, 0.717) is 11.3 Å². The monoisotopic (exact) mass is 278 g/mol. The largest absolute Gasteiger partial charge is 0.496 e. The summed E-state index contributed by atoms with van der Waals surface area (Å²) in [7, 11) is 1.55. The van der Waals surface area contributed by atoms with Crippen molar-refractivity contribution in [2.45, 2.75) is 26.8 Å². The van der Waals surface area contributed by atoms with Crippen LogP contribution in [0.25, 0.3) is 0 Å². The van der Waals surface area contributed by atoms with Crippen LogP contribution in [0.5, 0.6) is 5.75 Å². The molecule has 2 rings (SSSR count). The van der Waals surface area contributed by atoms with Gasteiger partial charge in [-0.3, -0.25) is 5.84 Å². The van der Waals surface area contributed by atoms with Gasteiger partial charge < -0.3 is 9.15 Å². The van der Waals surface area contributed by atoms with E-state index >= 15 is 0 Å². The Morgan fingerprint density at radius 3 is 2.45 bits per heavy atom. The van der Waals surface area contributed by atoms with E-state index in [0.717, 1.165) is 22.6 Å². The van der Waals surface area contributed by atoms with Crippen molar-refractivity contribution in [1.82, 2.24) is 5.43 Å². The van der Waals surface area contributed by atoms with Crippen LogP contribution in [0.1, 0.15) is 34.3 Å². The molecule has 0 saturated heterocycles.